The Labute approximate surface area is 85.8 Å². The quantitative estimate of drug-likeness (QED) is 0.665. The summed E-state index contributed by atoms with van der Waals surface area (Å²) in [5, 5.41) is 3.32. The molecule has 3 aliphatic heterocycles. The van der Waals surface area contributed by atoms with Gasteiger partial charge in [-0.3, -0.25) is 4.90 Å². The van der Waals surface area contributed by atoms with Gasteiger partial charge in [0.2, 0.25) is 0 Å². The zero-order valence-electron chi connectivity index (χ0n) is 8.80. The van der Waals surface area contributed by atoms with Crippen molar-refractivity contribution in [3.63, 3.8) is 0 Å². The third-order valence-corrected chi connectivity index (χ3v) is 3.99. The molecule has 80 valence electrons. The maximum atomic E-state index is 5.94. The Morgan fingerprint density at radius 1 is 1.14 bits per heavy atom. The van der Waals surface area contributed by atoms with Crippen LogP contribution >= 0.6 is 0 Å². The molecule has 3 heterocycles. The van der Waals surface area contributed by atoms with Crippen LogP contribution in [-0.4, -0.2) is 49.3 Å². The van der Waals surface area contributed by atoms with Gasteiger partial charge in [0.1, 0.15) is 0 Å². The number of nitrogens with one attached hydrogen (secondary N) is 1. The lowest BCUT2D eigenvalue weighted by Gasteiger charge is -2.39. The average molecular weight is 196 g/mol. The number of hydrogen-bond acceptors (Lipinski definition) is 3. The molecule has 3 fully saturated rings. The van der Waals surface area contributed by atoms with Crippen molar-refractivity contribution in [2.45, 2.75) is 37.3 Å². The second-order valence-corrected chi connectivity index (χ2v) is 5.05. The maximum absolute atomic E-state index is 5.94. The van der Waals surface area contributed by atoms with Crippen LogP contribution in [0.2, 0.25) is 0 Å². The van der Waals surface area contributed by atoms with E-state index in [1.165, 1.54) is 38.8 Å². The number of nitrogens with zero attached hydrogens (tertiary/aromatic N) is 1. The van der Waals surface area contributed by atoms with Gasteiger partial charge in [-0.2, -0.15) is 0 Å². The number of piperidine rings is 1. The third-order valence-electron chi connectivity index (χ3n) is 3.99. The predicted octanol–water partition coefficient (Wildman–Crippen LogP) is 0.603. The second kappa shape index (κ2) is 3.47. The van der Waals surface area contributed by atoms with Crippen LogP contribution in [0.1, 0.15) is 25.7 Å². The number of rotatable bonds is 1. The smallest absolute Gasteiger partial charge is 0.0946 e. The van der Waals surface area contributed by atoms with Crippen molar-refractivity contribution in [1.82, 2.24) is 10.2 Å². The highest BCUT2D eigenvalue weighted by molar-refractivity contribution is 5.02. The van der Waals surface area contributed by atoms with Crippen LogP contribution in [0.4, 0.5) is 0 Å². The second-order valence-electron chi connectivity index (χ2n) is 5.05. The van der Waals surface area contributed by atoms with Crippen LogP contribution in [0.3, 0.4) is 0 Å². The molecule has 0 aliphatic carbocycles. The molecule has 0 aromatic heterocycles. The summed E-state index contributed by atoms with van der Waals surface area (Å²) in [6.45, 7) is 5.74. The molecule has 0 aromatic carbocycles. The third kappa shape index (κ3) is 1.47. The van der Waals surface area contributed by atoms with Crippen LogP contribution in [0.25, 0.3) is 0 Å². The first-order chi connectivity index (χ1) is 6.88. The highest BCUT2D eigenvalue weighted by Gasteiger charge is 2.46. The molecule has 1 atom stereocenters. The van der Waals surface area contributed by atoms with E-state index in [0.717, 1.165) is 25.7 Å². The van der Waals surface area contributed by atoms with E-state index in [4.69, 9.17) is 4.74 Å². The molecule has 0 radical (unpaired) electrons. The first-order valence-electron chi connectivity index (χ1n) is 5.97. The molecule has 1 spiro atoms. The lowest BCUT2D eigenvalue weighted by Crippen LogP contribution is -2.59. The molecule has 3 saturated heterocycles. The molecule has 0 aromatic rings. The zero-order valence-corrected chi connectivity index (χ0v) is 8.80. The standard InChI is InChI=1S/C11H20N2O/c1-2-4-13(5-3-1)10-6-11(14-7-10)8-12-9-11/h10,12H,1-9H2. The van der Waals surface area contributed by atoms with Gasteiger partial charge in [0.05, 0.1) is 12.2 Å². The largest absolute Gasteiger partial charge is 0.371 e. The summed E-state index contributed by atoms with van der Waals surface area (Å²) in [6, 6.07) is 0.720. The van der Waals surface area contributed by atoms with Gasteiger partial charge in [-0.25, -0.2) is 0 Å². The number of ether oxygens (including phenoxy) is 1. The summed E-state index contributed by atoms with van der Waals surface area (Å²) in [5.74, 6) is 0. The SMILES string of the molecule is C1CCN(C2COC3(CNC3)C2)CC1. The first-order valence-corrected chi connectivity index (χ1v) is 5.97. The molecule has 0 amide bonds. The molecule has 3 heteroatoms. The van der Waals surface area contributed by atoms with E-state index in [2.05, 4.69) is 10.2 Å². The normalized spacial score (nSPS) is 37.3. The van der Waals surface area contributed by atoms with E-state index < -0.39 is 0 Å². The molecule has 1 N–H and O–H groups in total. The fourth-order valence-corrected chi connectivity index (χ4v) is 2.99. The average Bonchev–Trinajstić information content (AvgIpc) is 2.63. The summed E-state index contributed by atoms with van der Waals surface area (Å²) in [6.07, 6.45) is 5.47. The highest BCUT2D eigenvalue weighted by Crippen LogP contribution is 2.32. The van der Waals surface area contributed by atoms with Crippen molar-refractivity contribution in [3.05, 3.63) is 0 Å². The summed E-state index contributed by atoms with van der Waals surface area (Å²) < 4.78 is 5.94. The van der Waals surface area contributed by atoms with Crippen LogP contribution in [0, 0.1) is 0 Å². The van der Waals surface area contributed by atoms with E-state index in [-0.39, 0.29) is 5.60 Å². The Morgan fingerprint density at radius 2 is 1.93 bits per heavy atom. The Balaban J connectivity index is 1.58. The molecule has 0 bridgehead atoms. The van der Waals surface area contributed by atoms with Gasteiger partial charge in [-0.05, 0) is 32.4 Å². The van der Waals surface area contributed by atoms with Crippen molar-refractivity contribution >= 4 is 0 Å². The molecule has 0 saturated carbocycles. The van der Waals surface area contributed by atoms with Crippen LogP contribution in [0.15, 0.2) is 0 Å². The van der Waals surface area contributed by atoms with Gasteiger partial charge in [0, 0.05) is 19.1 Å². The topological polar surface area (TPSA) is 24.5 Å². The van der Waals surface area contributed by atoms with E-state index in [0.29, 0.717) is 0 Å². The summed E-state index contributed by atoms with van der Waals surface area (Å²) in [7, 11) is 0. The van der Waals surface area contributed by atoms with Gasteiger partial charge in [-0.1, -0.05) is 6.42 Å². The Bertz CT molecular complexity index is 209. The lowest BCUT2D eigenvalue weighted by molar-refractivity contribution is -0.0367. The summed E-state index contributed by atoms with van der Waals surface area (Å²) in [5.41, 5.74) is 0.238. The van der Waals surface area contributed by atoms with Crippen LogP contribution < -0.4 is 5.32 Å². The van der Waals surface area contributed by atoms with E-state index >= 15 is 0 Å². The maximum Gasteiger partial charge on any atom is 0.0946 e. The van der Waals surface area contributed by atoms with Crippen LogP contribution in [0.5, 0.6) is 0 Å². The van der Waals surface area contributed by atoms with Gasteiger partial charge in [0.15, 0.2) is 0 Å². The fourth-order valence-electron chi connectivity index (χ4n) is 2.99. The minimum atomic E-state index is 0.238. The molecular weight excluding hydrogens is 176 g/mol. The van der Waals surface area contributed by atoms with E-state index in [1.54, 1.807) is 0 Å². The lowest BCUT2D eigenvalue weighted by atomic mass is 9.91. The minimum Gasteiger partial charge on any atom is -0.371 e. The molecule has 3 aliphatic rings. The van der Waals surface area contributed by atoms with Crippen molar-refractivity contribution in [2.24, 2.45) is 0 Å². The fraction of sp³-hybridized carbons (Fsp3) is 1.00. The highest BCUT2D eigenvalue weighted by atomic mass is 16.5. The van der Waals surface area contributed by atoms with Crippen LogP contribution in [-0.2, 0) is 4.74 Å². The Kier molecular flexibility index (Phi) is 2.26. The van der Waals surface area contributed by atoms with Gasteiger partial charge >= 0.3 is 0 Å². The summed E-state index contributed by atoms with van der Waals surface area (Å²) in [4.78, 5) is 2.65. The van der Waals surface area contributed by atoms with E-state index in [1.807, 2.05) is 0 Å². The zero-order chi connectivity index (χ0) is 9.43. The first kappa shape index (κ1) is 9.13. The van der Waals surface area contributed by atoms with Gasteiger partial charge in [0.25, 0.3) is 0 Å². The molecule has 14 heavy (non-hydrogen) atoms. The Hall–Kier alpha value is -0.120. The van der Waals surface area contributed by atoms with Gasteiger partial charge in [-0.15, -0.1) is 0 Å². The van der Waals surface area contributed by atoms with Crippen molar-refractivity contribution in [1.29, 1.82) is 0 Å². The Morgan fingerprint density at radius 3 is 2.50 bits per heavy atom. The van der Waals surface area contributed by atoms with Crippen molar-refractivity contribution in [2.75, 3.05) is 32.8 Å². The number of likely N-dealkylation sites (tertiary alicyclic amines) is 1. The molecular formula is C11H20N2O. The van der Waals surface area contributed by atoms with Gasteiger partial charge < -0.3 is 10.1 Å². The molecule has 3 rings (SSSR count). The van der Waals surface area contributed by atoms with Crippen molar-refractivity contribution < 1.29 is 4.74 Å². The van der Waals surface area contributed by atoms with Crippen molar-refractivity contribution in [3.8, 4) is 0 Å². The molecule has 3 nitrogen and oxygen atoms in total. The number of hydrogen-bond donors (Lipinski definition) is 1. The minimum absolute atomic E-state index is 0.238. The van der Waals surface area contributed by atoms with E-state index in [9.17, 15) is 0 Å². The summed E-state index contributed by atoms with van der Waals surface area (Å²) >= 11 is 0. The predicted molar refractivity (Wildman–Crippen MR) is 55.4 cm³/mol. The monoisotopic (exact) mass is 196 g/mol. The molecule has 1 unspecified atom stereocenters.